The fourth-order valence-corrected chi connectivity index (χ4v) is 1.72. The lowest BCUT2D eigenvalue weighted by Gasteiger charge is -2.08. The van der Waals surface area contributed by atoms with Crippen LogP contribution < -0.4 is 5.73 Å². The van der Waals surface area contributed by atoms with E-state index in [-0.39, 0.29) is 5.82 Å². The van der Waals surface area contributed by atoms with E-state index in [4.69, 9.17) is 5.73 Å². The van der Waals surface area contributed by atoms with Gasteiger partial charge in [0, 0.05) is 31.0 Å². The molecule has 2 aromatic rings. The zero-order valence-corrected chi connectivity index (χ0v) is 9.15. The van der Waals surface area contributed by atoms with Crippen molar-refractivity contribution >= 4 is 0 Å². The Bertz CT molecular complexity index is 491. The van der Waals surface area contributed by atoms with Crippen molar-refractivity contribution in [1.29, 1.82) is 0 Å². The van der Waals surface area contributed by atoms with E-state index in [1.165, 1.54) is 12.1 Å². The molecule has 0 spiro atoms. The van der Waals surface area contributed by atoms with Crippen molar-refractivity contribution in [1.82, 2.24) is 9.55 Å². The van der Waals surface area contributed by atoms with Gasteiger partial charge < -0.3 is 10.3 Å². The minimum absolute atomic E-state index is 0.270. The third-order valence-electron chi connectivity index (χ3n) is 2.49. The highest BCUT2D eigenvalue weighted by atomic mass is 19.1. The van der Waals surface area contributed by atoms with Crippen LogP contribution in [-0.4, -0.2) is 9.55 Å². The number of aromatic nitrogens is 2. The Morgan fingerprint density at radius 1 is 1.38 bits per heavy atom. The normalized spacial score (nSPS) is 10.7. The summed E-state index contributed by atoms with van der Waals surface area (Å²) in [6.07, 6.45) is 4.35. The maximum Gasteiger partial charge on any atom is 0.125 e. The molecule has 2 rings (SSSR count). The molecule has 0 aliphatic rings. The van der Waals surface area contributed by atoms with E-state index >= 15 is 0 Å². The van der Waals surface area contributed by atoms with E-state index in [0.29, 0.717) is 6.54 Å². The summed E-state index contributed by atoms with van der Waals surface area (Å²) in [7, 11) is 0. The Morgan fingerprint density at radius 3 is 2.88 bits per heavy atom. The Kier molecular flexibility index (Phi) is 3.01. The Hall–Kier alpha value is -1.68. The lowest BCUT2D eigenvalue weighted by molar-refractivity contribution is 0.623. The van der Waals surface area contributed by atoms with Crippen LogP contribution in [0.1, 0.15) is 18.3 Å². The molecule has 2 N–H and O–H groups in total. The van der Waals surface area contributed by atoms with E-state index in [9.17, 15) is 4.39 Å². The SMILES string of the molecule is CCc1nccn1-c1cc(F)cc(CN)c1. The van der Waals surface area contributed by atoms with E-state index in [0.717, 1.165) is 23.5 Å². The van der Waals surface area contributed by atoms with Gasteiger partial charge in [-0.05, 0) is 23.8 Å². The van der Waals surface area contributed by atoms with Crippen molar-refractivity contribution in [2.24, 2.45) is 5.73 Å². The molecule has 0 saturated heterocycles. The van der Waals surface area contributed by atoms with Gasteiger partial charge >= 0.3 is 0 Å². The zero-order chi connectivity index (χ0) is 11.5. The van der Waals surface area contributed by atoms with Crippen molar-refractivity contribution in [2.45, 2.75) is 19.9 Å². The molecule has 16 heavy (non-hydrogen) atoms. The maximum absolute atomic E-state index is 13.4. The summed E-state index contributed by atoms with van der Waals surface area (Å²) in [5.41, 5.74) is 7.08. The summed E-state index contributed by atoms with van der Waals surface area (Å²) in [6, 6.07) is 4.82. The molecule has 0 radical (unpaired) electrons. The average molecular weight is 219 g/mol. The lowest BCUT2D eigenvalue weighted by Crippen LogP contribution is -2.03. The number of nitrogens with zero attached hydrogens (tertiary/aromatic N) is 2. The minimum Gasteiger partial charge on any atom is -0.326 e. The number of nitrogens with two attached hydrogens (primary N) is 1. The molecule has 1 aromatic carbocycles. The first-order chi connectivity index (χ1) is 7.74. The molecule has 3 nitrogen and oxygen atoms in total. The molecule has 0 aliphatic carbocycles. The van der Waals surface area contributed by atoms with Gasteiger partial charge in [0.2, 0.25) is 0 Å². The first-order valence-electron chi connectivity index (χ1n) is 5.26. The molecule has 1 aromatic heterocycles. The number of hydrogen-bond acceptors (Lipinski definition) is 2. The van der Waals surface area contributed by atoms with E-state index in [1.807, 2.05) is 23.8 Å². The third-order valence-corrected chi connectivity index (χ3v) is 2.49. The van der Waals surface area contributed by atoms with Gasteiger partial charge in [0.1, 0.15) is 11.6 Å². The molecule has 0 aliphatic heterocycles. The average Bonchev–Trinajstić information content (AvgIpc) is 2.76. The van der Waals surface area contributed by atoms with Crippen LogP contribution in [0.5, 0.6) is 0 Å². The van der Waals surface area contributed by atoms with Crippen LogP contribution in [0.3, 0.4) is 0 Å². The van der Waals surface area contributed by atoms with Crippen molar-refractivity contribution in [3.63, 3.8) is 0 Å². The van der Waals surface area contributed by atoms with Gasteiger partial charge in [-0.3, -0.25) is 0 Å². The van der Waals surface area contributed by atoms with Crippen LogP contribution in [-0.2, 0) is 13.0 Å². The molecular weight excluding hydrogens is 205 g/mol. The quantitative estimate of drug-likeness (QED) is 0.858. The summed E-state index contributed by atoms with van der Waals surface area (Å²) in [6.45, 7) is 2.35. The van der Waals surface area contributed by atoms with Gasteiger partial charge in [-0.1, -0.05) is 6.92 Å². The standard InChI is InChI=1S/C12H14FN3/c1-2-12-15-3-4-16(12)11-6-9(8-14)5-10(13)7-11/h3-7H,2,8,14H2,1H3. The predicted molar refractivity (Wildman–Crippen MR) is 60.8 cm³/mol. The Morgan fingerprint density at radius 2 is 2.19 bits per heavy atom. The van der Waals surface area contributed by atoms with Gasteiger partial charge in [-0.2, -0.15) is 0 Å². The van der Waals surface area contributed by atoms with Gasteiger partial charge in [0.25, 0.3) is 0 Å². The van der Waals surface area contributed by atoms with Crippen molar-refractivity contribution in [3.05, 3.63) is 47.8 Å². The minimum atomic E-state index is -0.270. The monoisotopic (exact) mass is 219 g/mol. The predicted octanol–water partition coefficient (Wildman–Crippen LogP) is 2.03. The summed E-state index contributed by atoms with van der Waals surface area (Å²) < 4.78 is 15.2. The lowest BCUT2D eigenvalue weighted by atomic mass is 10.2. The second-order valence-electron chi connectivity index (χ2n) is 3.59. The highest BCUT2D eigenvalue weighted by Gasteiger charge is 2.05. The molecule has 0 saturated carbocycles. The number of rotatable bonds is 3. The van der Waals surface area contributed by atoms with Crippen LogP contribution in [0.15, 0.2) is 30.6 Å². The van der Waals surface area contributed by atoms with Crippen LogP contribution in [0.4, 0.5) is 4.39 Å². The molecule has 84 valence electrons. The molecule has 0 amide bonds. The first kappa shape index (κ1) is 10.8. The maximum atomic E-state index is 13.4. The van der Waals surface area contributed by atoms with Crippen LogP contribution in [0, 0.1) is 5.82 Å². The van der Waals surface area contributed by atoms with Crippen molar-refractivity contribution < 1.29 is 4.39 Å². The number of imidazole rings is 1. The topological polar surface area (TPSA) is 43.8 Å². The van der Waals surface area contributed by atoms with Gasteiger partial charge in [-0.15, -0.1) is 0 Å². The second kappa shape index (κ2) is 4.45. The fourth-order valence-electron chi connectivity index (χ4n) is 1.72. The molecule has 1 heterocycles. The van der Waals surface area contributed by atoms with Crippen LogP contribution >= 0.6 is 0 Å². The summed E-state index contributed by atoms with van der Waals surface area (Å²) in [4.78, 5) is 4.21. The molecule has 0 unspecified atom stereocenters. The van der Waals surface area contributed by atoms with Crippen molar-refractivity contribution in [2.75, 3.05) is 0 Å². The number of hydrogen-bond donors (Lipinski definition) is 1. The number of halogens is 1. The molecule has 0 fully saturated rings. The highest BCUT2D eigenvalue weighted by molar-refractivity contribution is 5.37. The van der Waals surface area contributed by atoms with Crippen LogP contribution in [0.2, 0.25) is 0 Å². The highest BCUT2D eigenvalue weighted by Crippen LogP contribution is 2.15. The second-order valence-corrected chi connectivity index (χ2v) is 3.59. The Balaban J connectivity index is 2.51. The van der Waals surface area contributed by atoms with Gasteiger partial charge in [0.05, 0.1) is 0 Å². The van der Waals surface area contributed by atoms with Crippen molar-refractivity contribution in [3.8, 4) is 5.69 Å². The van der Waals surface area contributed by atoms with Gasteiger partial charge in [-0.25, -0.2) is 9.37 Å². The zero-order valence-electron chi connectivity index (χ0n) is 9.15. The fraction of sp³-hybridized carbons (Fsp3) is 0.250. The number of benzene rings is 1. The third kappa shape index (κ3) is 1.97. The summed E-state index contributed by atoms with van der Waals surface area (Å²) in [5.74, 6) is 0.641. The molecule has 4 heteroatoms. The van der Waals surface area contributed by atoms with E-state index in [1.54, 1.807) is 6.20 Å². The van der Waals surface area contributed by atoms with Gasteiger partial charge in [0.15, 0.2) is 0 Å². The van der Waals surface area contributed by atoms with E-state index < -0.39 is 0 Å². The Labute approximate surface area is 93.7 Å². The smallest absolute Gasteiger partial charge is 0.125 e. The van der Waals surface area contributed by atoms with Crippen LogP contribution in [0.25, 0.3) is 5.69 Å². The summed E-state index contributed by atoms with van der Waals surface area (Å²) in [5, 5.41) is 0. The molecule has 0 atom stereocenters. The largest absolute Gasteiger partial charge is 0.326 e. The first-order valence-corrected chi connectivity index (χ1v) is 5.26. The van der Waals surface area contributed by atoms with E-state index in [2.05, 4.69) is 4.98 Å². The summed E-state index contributed by atoms with van der Waals surface area (Å²) >= 11 is 0. The molecule has 0 bridgehead atoms. The number of aryl methyl sites for hydroxylation is 1. The molecular formula is C12H14FN3.